The second kappa shape index (κ2) is 4.19. The molecule has 0 aliphatic rings. The molecule has 0 unspecified atom stereocenters. The van der Waals surface area contributed by atoms with Crippen LogP contribution in [0.1, 0.15) is 0 Å². The molecule has 0 fully saturated rings. The van der Waals surface area contributed by atoms with Crippen molar-refractivity contribution >= 4 is 11.9 Å². The standard InChI is InChI=1S/C3H5N3.CH3NO2/c4-3-1-2-5-6-3;2-1(3)4/h1-2H,(H3,4,5,6);2H2,(H,3,4). The van der Waals surface area contributed by atoms with Crippen LogP contribution >= 0.6 is 0 Å². The highest BCUT2D eigenvalue weighted by molar-refractivity contribution is 5.61. The Labute approximate surface area is 56.8 Å². The Kier molecular flexibility index (Phi) is 3.47. The minimum Gasteiger partial charge on any atom is -0.465 e. The third kappa shape index (κ3) is 6.28. The van der Waals surface area contributed by atoms with Gasteiger partial charge in [-0.3, -0.25) is 5.10 Å². The second-order valence-corrected chi connectivity index (χ2v) is 1.34. The Balaban J connectivity index is 0.000000180. The number of nitrogens with two attached hydrogens (primary N) is 2. The fraction of sp³-hybridized carbons (Fsp3) is 0. The number of aromatic nitrogens is 2. The molecule has 1 amide bonds. The van der Waals surface area contributed by atoms with Gasteiger partial charge in [-0.2, -0.15) is 5.10 Å². The maximum absolute atomic E-state index is 8.78. The lowest BCUT2D eigenvalue weighted by atomic mass is 10.7. The van der Waals surface area contributed by atoms with E-state index in [1.807, 2.05) is 0 Å². The lowest BCUT2D eigenvalue weighted by Crippen LogP contribution is -2.03. The smallest absolute Gasteiger partial charge is 0.402 e. The van der Waals surface area contributed by atoms with E-state index in [0.717, 1.165) is 0 Å². The maximum atomic E-state index is 8.78. The molecule has 6 nitrogen and oxygen atoms in total. The number of rotatable bonds is 0. The van der Waals surface area contributed by atoms with Gasteiger partial charge in [0.1, 0.15) is 5.82 Å². The number of carbonyl (C=O) groups is 1. The van der Waals surface area contributed by atoms with Gasteiger partial charge in [0.25, 0.3) is 0 Å². The predicted molar refractivity (Wildman–Crippen MR) is 35.2 cm³/mol. The van der Waals surface area contributed by atoms with Gasteiger partial charge in [0, 0.05) is 6.20 Å². The molecule has 1 aromatic rings. The lowest BCUT2D eigenvalue weighted by molar-refractivity contribution is 0.205. The van der Waals surface area contributed by atoms with Crippen molar-refractivity contribution in [2.45, 2.75) is 0 Å². The first kappa shape index (κ1) is 8.28. The topological polar surface area (TPSA) is 118 Å². The molecule has 0 aliphatic carbocycles. The zero-order chi connectivity index (χ0) is 7.98. The predicted octanol–water partition coefficient (Wildman–Crippen LogP) is -0.385. The number of carboxylic acid groups (broad SMARTS) is 1. The Morgan fingerprint density at radius 3 is 2.40 bits per heavy atom. The summed E-state index contributed by atoms with van der Waals surface area (Å²) in [7, 11) is 0. The van der Waals surface area contributed by atoms with Gasteiger partial charge in [-0.15, -0.1) is 0 Å². The summed E-state index contributed by atoms with van der Waals surface area (Å²) in [4.78, 5) is 8.78. The van der Waals surface area contributed by atoms with E-state index in [0.29, 0.717) is 5.82 Å². The van der Waals surface area contributed by atoms with Crippen molar-refractivity contribution in [3.63, 3.8) is 0 Å². The summed E-state index contributed by atoms with van der Waals surface area (Å²) in [5.74, 6) is 0.537. The highest BCUT2D eigenvalue weighted by atomic mass is 16.4. The molecular weight excluding hydrogens is 136 g/mol. The summed E-state index contributed by atoms with van der Waals surface area (Å²) >= 11 is 0. The van der Waals surface area contributed by atoms with Gasteiger partial charge in [-0.25, -0.2) is 4.79 Å². The van der Waals surface area contributed by atoms with Crippen LogP contribution in [0.3, 0.4) is 0 Å². The molecule has 0 aromatic carbocycles. The number of nitrogens with zero attached hydrogens (tertiary/aromatic N) is 1. The van der Waals surface area contributed by atoms with E-state index in [-0.39, 0.29) is 0 Å². The first-order chi connectivity index (χ1) is 4.63. The molecule has 1 heterocycles. The van der Waals surface area contributed by atoms with Crippen LogP contribution in [0.4, 0.5) is 10.6 Å². The highest BCUT2D eigenvalue weighted by Crippen LogP contribution is 1.86. The van der Waals surface area contributed by atoms with Crippen molar-refractivity contribution in [1.82, 2.24) is 10.2 Å². The van der Waals surface area contributed by atoms with E-state index >= 15 is 0 Å². The number of nitrogen functional groups attached to an aromatic ring is 1. The summed E-state index contributed by atoms with van der Waals surface area (Å²) in [6, 6.07) is 1.69. The zero-order valence-electron chi connectivity index (χ0n) is 5.11. The Hall–Kier alpha value is -1.72. The van der Waals surface area contributed by atoms with Crippen LogP contribution in [0.15, 0.2) is 12.3 Å². The molecule has 0 radical (unpaired) electrons. The number of nitrogens with one attached hydrogen (secondary N) is 1. The van der Waals surface area contributed by atoms with E-state index in [4.69, 9.17) is 15.6 Å². The monoisotopic (exact) mass is 144 g/mol. The number of amides is 1. The fourth-order valence-electron chi connectivity index (χ4n) is 0.272. The number of hydrogen-bond acceptors (Lipinski definition) is 3. The largest absolute Gasteiger partial charge is 0.465 e. The van der Waals surface area contributed by atoms with Crippen LogP contribution < -0.4 is 11.5 Å². The van der Waals surface area contributed by atoms with Gasteiger partial charge in [0.2, 0.25) is 0 Å². The minimum absolute atomic E-state index is 0.537. The lowest BCUT2D eigenvalue weighted by Gasteiger charge is -1.67. The van der Waals surface area contributed by atoms with Crippen LogP contribution in [0, 0.1) is 0 Å². The van der Waals surface area contributed by atoms with Crippen LogP contribution in [0.25, 0.3) is 0 Å². The maximum Gasteiger partial charge on any atom is 0.402 e. The summed E-state index contributed by atoms with van der Waals surface area (Å²) in [6.45, 7) is 0. The van der Waals surface area contributed by atoms with E-state index in [1.165, 1.54) is 0 Å². The van der Waals surface area contributed by atoms with Crippen molar-refractivity contribution in [2.75, 3.05) is 5.73 Å². The number of anilines is 1. The average Bonchev–Trinajstić information content (AvgIpc) is 2.15. The third-order valence-electron chi connectivity index (χ3n) is 0.522. The summed E-state index contributed by atoms with van der Waals surface area (Å²) < 4.78 is 0. The van der Waals surface area contributed by atoms with Crippen molar-refractivity contribution in [1.29, 1.82) is 0 Å². The molecular formula is C4H8N4O2. The van der Waals surface area contributed by atoms with Crippen molar-refractivity contribution in [3.05, 3.63) is 12.3 Å². The van der Waals surface area contributed by atoms with Gasteiger partial charge in [-0.1, -0.05) is 0 Å². The van der Waals surface area contributed by atoms with Crippen LogP contribution in [-0.2, 0) is 0 Å². The van der Waals surface area contributed by atoms with Gasteiger partial charge in [0.05, 0.1) is 0 Å². The molecule has 0 bridgehead atoms. The van der Waals surface area contributed by atoms with E-state index < -0.39 is 6.09 Å². The van der Waals surface area contributed by atoms with Gasteiger partial charge < -0.3 is 16.6 Å². The zero-order valence-corrected chi connectivity index (χ0v) is 5.11. The van der Waals surface area contributed by atoms with E-state index in [2.05, 4.69) is 15.9 Å². The molecule has 56 valence electrons. The molecule has 6 heteroatoms. The summed E-state index contributed by atoms with van der Waals surface area (Å²) in [6.07, 6.45) is 0.343. The molecule has 0 atom stereocenters. The quantitative estimate of drug-likeness (QED) is 0.396. The Morgan fingerprint density at radius 2 is 2.30 bits per heavy atom. The van der Waals surface area contributed by atoms with Crippen molar-refractivity contribution < 1.29 is 9.90 Å². The summed E-state index contributed by atoms with van der Waals surface area (Å²) in [5.41, 5.74) is 9.16. The molecule has 6 N–H and O–H groups in total. The minimum atomic E-state index is -1.33. The number of hydrogen-bond donors (Lipinski definition) is 4. The molecule has 0 saturated carbocycles. The SMILES string of the molecule is NC(=O)O.Nc1cc[nH]n1. The summed E-state index contributed by atoms with van der Waals surface area (Å²) in [5, 5.41) is 13.3. The van der Waals surface area contributed by atoms with Crippen LogP contribution in [0.5, 0.6) is 0 Å². The highest BCUT2D eigenvalue weighted by Gasteiger charge is 1.75. The molecule has 10 heavy (non-hydrogen) atoms. The molecule has 1 rings (SSSR count). The number of H-pyrrole nitrogens is 1. The molecule has 1 aromatic heterocycles. The fourth-order valence-corrected chi connectivity index (χ4v) is 0.272. The van der Waals surface area contributed by atoms with E-state index in [9.17, 15) is 0 Å². The average molecular weight is 144 g/mol. The first-order valence-corrected chi connectivity index (χ1v) is 2.36. The second-order valence-electron chi connectivity index (χ2n) is 1.34. The Morgan fingerprint density at radius 1 is 1.80 bits per heavy atom. The van der Waals surface area contributed by atoms with Crippen LogP contribution in [-0.4, -0.2) is 21.4 Å². The van der Waals surface area contributed by atoms with Gasteiger partial charge >= 0.3 is 6.09 Å². The van der Waals surface area contributed by atoms with E-state index in [1.54, 1.807) is 12.3 Å². The molecule has 0 saturated heterocycles. The van der Waals surface area contributed by atoms with Crippen molar-refractivity contribution in [2.24, 2.45) is 5.73 Å². The van der Waals surface area contributed by atoms with Crippen LogP contribution in [0.2, 0.25) is 0 Å². The van der Waals surface area contributed by atoms with Gasteiger partial charge in [0.15, 0.2) is 0 Å². The molecule has 0 spiro atoms. The Bertz CT molecular complexity index is 179. The molecule has 0 aliphatic heterocycles. The first-order valence-electron chi connectivity index (χ1n) is 2.36. The van der Waals surface area contributed by atoms with Gasteiger partial charge in [-0.05, 0) is 6.07 Å². The van der Waals surface area contributed by atoms with Crippen molar-refractivity contribution in [3.8, 4) is 0 Å². The third-order valence-corrected chi connectivity index (χ3v) is 0.522. The number of aromatic amines is 1. The number of primary amides is 1. The normalized spacial score (nSPS) is 7.60.